The minimum absolute atomic E-state index is 0.00721. The monoisotopic (exact) mass is 696 g/mol. The van der Waals surface area contributed by atoms with Crippen molar-refractivity contribution in [3.05, 3.63) is 0 Å². The smallest absolute Gasteiger partial charge is 0.305 e. The van der Waals surface area contributed by atoms with Crippen LogP contribution in [0, 0.1) is 17.8 Å². The van der Waals surface area contributed by atoms with Gasteiger partial charge in [0.15, 0.2) is 0 Å². The van der Waals surface area contributed by atoms with Crippen LogP contribution in [0.5, 0.6) is 0 Å². The highest BCUT2D eigenvalue weighted by molar-refractivity contribution is 5.75. The molecule has 0 rings (SSSR count). The maximum absolute atomic E-state index is 12.2. The molecule has 49 heavy (non-hydrogen) atoms. The summed E-state index contributed by atoms with van der Waals surface area (Å²) in [5, 5.41) is 9.13. The summed E-state index contributed by atoms with van der Waals surface area (Å²) in [6.45, 7) is 19.7. The Hall–Kier alpha value is -0.940. The van der Waals surface area contributed by atoms with Crippen LogP contribution in [0.15, 0.2) is 0 Å². The average molecular weight is 696 g/mol. The highest BCUT2D eigenvalue weighted by Crippen LogP contribution is 2.22. The third-order valence-corrected chi connectivity index (χ3v) is 10.4. The maximum atomic E-state index is 12.2. The quantitative estimate of drug-likeness (QED) is 0.0522. The molecule has 294 valence electrons. The van der Waals surface area contributed by atoms with E-state index >= 15 is 0 Å². The third-order valence-electron chi connectivity index (χ3n) is 10.4. The van der Waals surface area contributed by atoms with Crippen molar-refractivity contribution < 1.29 is 19.4 Å². The van der Waals surface area contributed by atoms with Gasteiger partial charge in [0.25, 0.3) is 0 Å². The van der Waals surface area contributed by atoms with Crippen LogP contribution in [0.3, 0.4) is 0 Å². The molecule has 0 aromatic carbocycles. The third kappa shape index (κ3) is 38.1. The summed E-state index contributed by atoms with van der Waals surface area (Å²) in [5.74, 6) is 2.88. The van der Waals surface area contributed by atoms with Gasteiger partial charge in [0.2, 0.25) is 0 Å². The Morgan fingerprint density at radius 1 is 0.571 bits per heavy atom. The summed E-state index contributed by atoms with van der Waals surface area (Å²) in [6, 6.07) is 0. The molecule has 0 aliphatic rings. The molecule has 0 aliphatic heterocycles. The summed E-state index contributed by atoms with van der Waals surface area (Å²) in [7, 11) is 0. The molecule has 5 nitrogen and oxygen atoms in total. The first-order chi connectivity index (χ1) is 23.7. The lowest BCUT2D eigenvalue weighted by Gasteiger charge is -2.22. The van der Waals surface area contributed by atoms with E-state index in [0.717, 1.165) is 88.8 Å². The molecule has 0 aromatic heterocycles. The van der Waals surface area contributed by atoms with Gasteiger partial charge in [-0.05, 0) is 89.3 Å². The van der Waals surface area contributed by atoms with Crippen LogP contribution >= 0.6 is 0 Å². The Morgan fingerprint density at radius 2 is 1.06 bits per heavy atom. The highest BCUT2D eigenvalue weighted by atomic mass is 16.5. The van der Waals surface area contributed by atoms with E-state index in [1.54, 1.807) is 6.92 Å². The Labute approximate surface area is 307 Å². The molecule has 0 aliphatic carbocycles. The zero-order valence-electron chi connectivity index (χ0n) is 34.5. The molecular weight excluding hydrogens is 606 g/mol. The summed E-state index contributed by atoms with van der Waals surface area (Å²) < 4.78 is 5.59. The summed E-state index contributed by atoms with van der Waals surface area (Å²) in [4.78, 5) is 25.8. The minimum Gasteiger partial charge on any atom is -0.466 e. The molecule has 0 amide bonds. The minimum atomic E-state index is -0.00721. The molecule has 0 radical (unpaired) electrons. The van der Waals surface area contributed by atoms with Crippen LogP contribution in [0.2, 0.25) is 0 Å². The number of ether oxygens (including phenoxy) is 1. The lowest BCUT2D eigenvalue weighted by atomic mass is 9.89. The zero-order chi connectivity index (χ0) is 36.8. The van der Waals surface area contributed by atoms with Gasteiger partial charge >= 0.3 is 5.97 Å². The van der Waals surface area contributed by atoms with Crippen molar-refractivity contribution in [2.24, 2.45) is 17.8 Å². The topological polar surface area (TPSA) is 66.8 Å². The number of hydrogen-bond donors (Lipinski definition) is 1. The first kappa shape index (κ1) is 50.2. The van der Waals surface area contributed by atoms with Crippen LogP contribution in [-0.2, 0) is 14.3 Å². The van der Waals surface area contributed by atoms with E-state index in [9.17, 15) is 9.59 Å². The number of Topliss-reactive ketones (excluding diaryl/α,β-unsaturated/α-hetero) is 1. The van der Waals surface area contributed by atoms with Crippen LogP contribution in [-0.4, -0.2) is 54.6 Å². The zero-order valence-corrected chi connectivity index (χ0v) is 34.5. The van der Waals surface area contributed by atoms with Gasteiger partial charge in [-0.1, -0.05) is 157 Å². The van der Waals surface area contributed by atoms with Gasteiger partial charge in [-0.25, -0.2) is 0 Å². The van der Waals surface area contributed by atoms with Crippen molar-refractivity contribution in [2.75, 3.05) is 32.8 Å². The summed E-state index contributed by atoms with van der Waals surface area (Å²) in [5.41, 5.74) is 0. The van der Waals surface area contributed by atoms with E-state index in [4.69, 9.17) is 9.84 Å². The first-order valence-corrected chi connectivity index (χ1v) is 21.7. The van der Waals surface area contributed by atoms with Crippen LogP contribution in [0.1, 0.15) is 222 Å². The standard InChI is InChI=1S/C34H67NO4.C10H22/c1-4-6-14-23-33(24-15-7-5-2)26-31-39-34(38)25-17-11-9-13-19-28-35(29-20-21-30-36)27-18-12-8-10-16-22-32(3)37;1-5-7-8-10(6-2)9(3)4/h33,36H,4-31H2,1-3H3;9-10H,5-8H2,1-4H3. The average Bonchev–Trinajstić information content (AvgIpc) is 3.07. The molecule has 0 saturated heterocycles. The van der Waals surface area contributed by atoms with E-state index < -0.39 is 0 Å². The van der Waals surface area contributed by atoms with Gasteiger partial charge in [-0.2, -0.15) is 0 Å². The van der Waals surface area contributed by atoms with E-state index in [0.29, 0.717) is 18.8 Å². The fraction of sp³-hybridized carbons (Fsp3) is 0.955. The Kier molecular flexibility index (Phi) is 40.8. The van der Waals surface area contributed by atoms with Crippen molar-refractivity contribution in [3.63, 3.8) is 0 Å². The van der Waals surface area contributed by atoms with Crippen LogP contribution < -0.4 is 0 Å². The first-order valence-electron chi connectivity index (χ1n) is 21.7. The Balaban J connectivity index is 0. The molecule has 1 N–H and O–H groups in total. The predicted octanol–water partition coefficient (Wildman–Crippen LogP) is 12.9. The van der Waals surface area contributed by atoms with Crippen LogP contribution in [0.4, 0.5) is 0 Å². The van der Waals surface area contributed by atoms with Gasteiger partial charge in [0, 0.05) is 19.4 Å². The number of aliphatic hydroxyl groups excluding tert-OH is 1. The molecule has 0 aromatic rings. The van der Waals surface area contributed by atoms with Gasteiger partial charge in [-0.3, -0.25) is 4.79 Å². The van der Waals surface area contributed by atoms with Crippen molar-refractivity contribution in [1.29, 1.82) is 0 Å². The predicted molar refractivity (Wildman–Crippen MR) is 214 cm³/mol. The number of ketones is 1. The number of rotatable bonds is 36. The molecule has 1 unspecified atom stereocenters. The number of hydrogen-bond acceptors (Lipinski definition) is 5. The lowest BCUT2D eigenvalue weighted by molar-refractivity contribution is -0.144. The number of esters is 1. The molecule has 0 fully saturated rings. The van der Waals surface area contributed by atoms with Gasteiger partial charge in [-0.15, -0.1) is 0 Å². The van der Waals surface area contributed by atoms with E-state index in [-0.39, 0.29) is 12.6 Å². The lowest BCUT2D eigenvalue weighted by Crippen LogP contribution is -2.27. The molecule has 0 heterocycles. The molecular formula is C44H89NO4. The highest BCUT2D eigenvalue weighted by Gasteiger charge is 2.11. The summed E-state index contributed by atoms with van der Waals surface area (Å²) in [6.07, 6.45) is 31.7. The van der Waals surface area contributed by atoms with Crippen molar-refractivity contribution in [1.82, 2.24) is 4.90 Å². The second kappa shape index (κ2) is 39.8. The van der Waals surface area contributed by atoms with Gasteiger partial charge in [0.1, 0.15) is 5.78 Å². The molecule has 5 heteroatoms. The SMILES string of the molecule is CCCCC(CC)C(C)C.CCCCCC(CCCCC)CCOC(=O)CCCCCCCN(CCCCO)CCCCCCCC(C)=O. The second-order valence-corrected chi connectivity index (χ2v) is 15.4. The fourth-order valence-electron chi connectivity index (χ4n) is 6.84. The van der Waals surface area contributed by atoms with Gasteiger partial charge in [0.05, 0.1) is 6.61 Å². The number of carbonyl (C=O) groups excluding carboxylic acids is 2. The summed E-state index contributed by atoms with van der Waals surface area (Å²) >= 11 is 0. The largest absolute Gasteiger partial charge is 0.466 e. The number of aliphatic hydroxyl groups is 1. The molecule has 0 saturated carbocycles. The number of carbonyl (C=O) groups is 2. The second-order valence-electron chi connectivity index (χ2n) is 15.4. The molecule has 0 bridgehead atoms. The number of unbranched alkanes of at least 4 members (excludes halogenated alkanes) is 14. The van der Waals surface area contributed by atoms with Gasteiger partial charge < -0.3 is 19.5 Å². The van der Waals surface area contributed by atoms with E-state index in [2.05, 4.69) is 46.4 Å². The van der Waals surface area contributed by atoms with Crippen molar-refractivity contribution in [2.45, 2.75) is 222 Å². The van der Waals surface area contributed by atoms with Crippen molar-refractivity contribution >= 4 is 11.8 Å². The van der Waals surface area contributed by atoms with E-state index in [1.165, 1.54) is 116 Å². The van der Waals surface area contributed by atoms with E-state index in [1.807, 2.05) is 0 Å². The Morgan fingerprint density at radius 3 is 1.53 bits per heavy atom. The van der Waals surface area contributed by atoms with Crippen LogP contribution in [0.25, 0.3) is 0 Å². The maximum Gasteiger partial charge on any atom is 0.305 e. The fourth-order valence-corrected chi connectivity index (χ4v) is 6.84. The molecule has 0 spiro atoms. The molecule has 1 atom stereocenters. The Bertz CT molecular complexity index is 672. The number of nitrogens with zero attached hydrogens (tertiary/aromatic N) is 1. The normalized spacial score (nSPS) is 12.1. The van der Waals surface area contributed by atoms with Crippen molar-refractivity contribution in [3.8, 4) is 0 Å².